The zero-order valence-corrected chi connectivity index (χ0v) is 25.3. The number of anilines is 1. The minimum absolute atomic E-state index is 0.0478. The van der Waals surface area contributed by atoms with E-state index in [4.69, 9.17) is 11.6 Å². The molecular formula is C31H38ClN3O4S. The molecule has 0 heterocycles. The standard InChI is InChI=1S/C31H38ClN3O4S/c1-6-29(31(37)33-19-22(2)3)34(20-25-13-11-10-12-23(25)4)30(36)21-35(26-17-16-24(5)28(32)18-26)40(38,39)27-14-8-7-9-15-27/h7-18,22,29H,6,19-21H2,1-5H3,(H,33,37)/t29-/m0/s1. The summed E-state index contributed by atoms with van der Waals surface area (Å²) in [7, 11) is -4.14. The fourth-order valence-electron chi connectivity index (χ4n) is 4.30. The average Bonchev–Trinajstić information content (AvgIpc) is 2.93. The van der Waals surface area contributed by atoms with E-state index in [1.165, 1.54) is 17.0 Å². The Kier molecular flexibility index (Phi) is 10.8. The highest BCUT2D eigenvalue weighted by molar-refractivity contribution is 7.92. The van der Waals surface area contributed by atoms with Crippen LogP contribution < -0.4 is 9.62 Å². The number of hydrogen-bond donors (Lipinski definition) is 1. The quantitative estimate of drug-likeness (QED) is 0.295. The summed E-state index contributed by atoms with van der Waals surface area (Å²) in [6, 6.07) is 19.7. The molecule has 40 heavy (non-hydrogen) atoms. The van der Waals surface area contributed by atoms with E-state index in [0.717, 1.165) is 21.0 Å². The number of nitrogens with zero attached hydrogens (tertiary/aromatic N) is 2. The second-order valence-electron chi connectivity index (χ2n) is 10.3. The highest BCUT2D eigenvalue weighted by Crippen LogP contribution is 2.29. The van der Waals surface area contributed by atoms with E-state index < -0.39 is 28.5 Å². The first-order valence-electron chi connectivity index (χ1n) is 13.4. The van der Waals surface area contributed by atoms with Gasteiger partial charge in [0.2, 0.25) is 11.8 Å². The number of rotatable bonds is 12. The Labute approximate surface area is 243 Å². The first-order chi connectivity index (χ1) is 18.9. The Bertz CT molecular complexity index is 1430. The molecule has 0 saturated heterocycles. The summed E-state index contributed by atoms with van der Waals surface area (Å²) >= 11 is 6.38. The van der Waals surface area contributed by atoms with Gasteiger partial charge in [-0.25, -0.2) is 8.42 Å². The van der Waals surface area contributed by atoms with Gasteiger partial charge in [-0.2, -0.15) is 0 Å². The molecule has 0 unspecified atom stereocenters. The molecule has 0 aliphatic carbocycles. The predicted octanol–water partition coefficient (Wildman–Crippen LogP) is 5.73. The van der Waals surface area contributed by atoms with Crippen LogP contribution in [0.1, 0.15) is 43.9 Å². The van der Waals surface area contributed by atoms with Gasteiger partial charge in [0, 0.05) is 18.1 Å². The van der Waals surface area contributed by atoms with Gasteiger partial charge in [-0.1, -0.05) is 80.9 Å². The molecule has 9 heteroatoms. The van der Waals surface area contributed by atoms with E-state index in [9.17, 15) is 18.0 Å². The predicted molar refractivity (Wildman–Crippen MR) is 161 cm³/mol. The molecule has 3 rings (SSSR count). The van der Waals surface area contributed by atoms with Crippen LogP contribution in [0.25, 0.3) is 0 Å². The van der Waals surface area contributed by atoms with Crippen molar-refractivity contribution >= 4 is 39.1 Å². The number of sulfonamides is 1. The van der Waals surface area contributed by atoms with Crippen LogP contribution in [-0.2, 0) is 26.2 Å². The van der Waals surface area contributed by atoms with E-state index >= 15 is 0 Å². The molecule has 0 fully saturated rings. The number of amides is 2. The molecule has 214 valence electrons. The summed E-state index contributed by atoms with van der Waals surface area (Å²) < 4.78 is 28.8. The topological polar surface area (TPSA) is 86.8 Å². The third-order valence-corrected chi connectivity index (χ3v) is 8.92. The zero-order valence-electron chi connectivity index (χ0n) is 23.7. The third-order valence-electron chi connectivity index (χ3n) is 6.73. The highest BCUT2D eigenvalue weighted by atomic mass is 35.5. The van der Waals surface area contributed by atoms with Crippen molar-refractivity contribution < 1.29 is 18.0 Å². The number of carbonyl (C=O) groups excluding carboxylic acids is 2. The number of nitrogens with one attached hydrogen (secondary N) is 1. The molecule has 0 spiro atoms. The van der Waals surface area contributed by atoms with Crippen molar-refractivity contribution in [1.82, 2.24) is 10.2 Å². The third kappa shape index (κ3) is 7.64. The number of carbonyl (C=O) groups is 2. The van der Waals surface area contributed by atoms with Crippen molar-refractivity contribution in [2.75, 3.05) is 17.4 Å². The van der Waals surface area contributed by atoms with Gasteiger partial charge in [-0.05, 0) is 67.1 Å². The van der Waals surface area contributed by atoms with Crippen molar-refractivity contribution in [3.05, 3.63) is 94.5 Å². The van der Waals surface area contributed by atoms with Gasteiger partial charge < -0.3 is 10.2 Å². The lowest BCUT2D eigenvalue weighted by molar-refractivity contribution is -0.140. The van der Waals surface area contributed by atoms with Crippen LogP contribution in [0.5, 0.6) is 0 Å². The highest BCUT2D eigenvalue weighted by Gasteiger charge is 2.34. The maximum atomic E-state index is 14.1. The molecule has 0 bridgehead atoms. The molecule has 0 aliphatic rings. The van der Waals surface area contributed by atoms with Crippen LogP contribution in [-0.4, -0.2) is 44.3 Å². The summed E-state index contributed by atoms with van der Waals surface area (Å²) in [6.07, 6.45) is 0.364. The largest absolute Gasteiger partial charge is 0.354 e. The number of halogens is 1. The summed E-state index contributed by atoms with van der Waals surface area (Å²) in [5.74, 6) is -0.528. The van der Waals surface area contributed by atoms with Gasteiger partial charge in [-0.3, -0.25) is 13.9 Å². The van der Waals surface area contributed by atoms with E-state index in [0.29, 0.717) is 18.0 Å². The van der Waals surface area contributed by atoms with Crippen molar-refractivity contribution in [3.63, 3.8) is 0 Å². The summed E-state index contributed by atoms with van der Waals surface area (Å²) in [4.78, 5) is 29.0. The summed E-state index contributed by atoms with van der Waals surface area (Å²) in [5, 5.41) is 3.33. The second kappa shape index (κ2) is 13.8. The molecule has 1 atom stereocenters. The normalized spacial score (nSPS) is 12.2. The maximum Gasteiger partial charge on any atom is 0.264 e. The maximum absolute atomic E-state index is 14.1. The lowest BCUT2D eigenvalue weighted by Gasteiger charge is -2.33. The molecule has 3 aromatic rings. The molecule has 0 radical (unpaired) electrons. The van der Waals surface area contributed by atoms with E-state index in [1.54, 1.807) is 36.4 Å². The van der Waals surface area contributed by atoms with Crippen LogP contribution in [0.3, 0.4) is 0 Å². The summed E-state index contributed by atoms with van der Waals surface area (Å²) in [6.45, 7) is 9.72. The van der Waals surface area contributed by atoms with Crippen molar-refractivity contribution in [2.45, 2.75) is 58.5 Å². The molecule has 0 saturated carbocycles. The van der Waals surface area contributed by atoms with E-state index in [1.807, 2.05) is 58.9 Å². The Balaban J connectivity index is 2.07. The summed E-state index contributed by atoms with van der Waals surface area (Å²) in [5.41, 5.74) is 2.89. The van der Waals surface area contributed by atoms with Crippen molar-refractivity contribution in [3.8, 4) is 0 Å². The van der Waals surface area contributed by atoms with Crippen LogP contribution in [0.2, 0.25) is 5.02 Å². The Morgan fingerprint density at radius 1 is 0.925 bits per heavy atom. The number of benzene rings is 3. The van der Waals surface area contributed by atoms with E-state index in [2.05, 4.69) is 5.32 Å². The Morgan fingerprint density at radius 3 is 2.17 bits per heavy atom. The van der Waals surface area contributed by atoms with E-state index in [-0.39, 0.29) is 29.0 Å². The first kappa shape index (κ1) is 31.2. The lowest BCUT2D eigenvalue weighted by atomic mass is 10.1. The molecule has 7 nitrogen and oxygen atoms in total. The molecule has 2 amide bonds. The molecule has 3 aromatic carbocycles. The zero-order chi connectivity index (χ0) is 29.4. The van der Waals surface area contributed by atoms with Gasteiger partial charge in [0.1, 0.15) is 12.6 Å². The van der Waals surface area contributed by atoms with Gasteiger partial charge in [0.05, 0.1) is 10.6 Å². The van der Waals surface area contributed by atoms with Gasteiger partial charge in [-0.15, -0.1) is 0 Å². The second-order valence-corrected chi connectivity index (χ2v) is 12.5. The van der Waals surface area contributed by atoms with Crippen LogP contribution in [0, 0.1) is 19.8 Å². The fraction of sp³-hybridized carbons (Fsp3) is 0.355. The smallest absolute Gasteiger partial charge is 0.264 e. The SMILES string of the molecule is CC[C@@H](C(=O)NCC(C)C)N(Cc1ccccc1C)C(=O)CN(c1ccc(C)c(Cl)c1)S(=O)(=O)c1ccccc1. The Hall–Kier alpha value is -3.36. The average molecular weight is 584 g/mol. The van der Waals surface area contributed by atoms with Gasteiger partial charge >= 0.3 is 0 Å². The van der Waals surface area contributed by atoms with Crippen LogP contribution in [0.4, 0.5) is 5.69 Å². The molecule has 1 N–H and O–H groups in total. The van der Waals surface area contributed by atoms with Crippen molar-refractivity contribution in [1.29, 1.82) is 0 Å². The molecular weight excluding hydrogens is 546 g/mol. The molecule has 0 aliphatic heterocycles. The first-order valence-corrected chi connectivity index (χ1v) is 15.2. The van der Waals surface area contributed by atoms with Gasteiger partial charge in [0.25, 0.3) is 10.0 Å². The van der Waals surface area contributed by atoms with Gasteiger partial charge in [0.15, 0.2) is 0 Å². The van der Waals surface area contributed by atoms with Crippen LogP contribution in [0.15, 0.2) is 77.7 Å². The van der Waals surface area contributed by atoms with Crippen molar-refractivity contribution in [2.24, 2.45) is 5.92 Å². The Morgan fingerprint density at radius 2 is 1.57 bits per heavy atom. The number of hydrogen-bond acceptors (Lipinski definition) is 4. The van der Waals surface area contributed by atoms with Crippen LogP contribution >= 0.6 is 11.6 Å². The molecule has 0 aromatic heterocycles. The number of aryl methyl sites for hydroxylation is 2. The lowest BCUT2D eigenvalue weighted by Crippen LogP contribution is -2.52. The minimum atomic E-state index is -4.14. The monoisotopic (exact) mass is 583 g/mol. The fourth-order valence-corrected chi connectivity index (χ4v) is 5.90. The minimum Gasteiger partial charge on any atom is -0.354 e.